The van der Waals surface area contributed by atoms with Crippen LogP contribution in [-0.2, 0) is 16.1 Å². The van der Waals surface area contributed by atoms with Gasteiger partial charge in [-0.2, -0.15) is 0 Å². The Morgan fingerprint density at radius 3 is 2.64 bits per heavy atom. The van der Waals surface area contributed by atoms with Crippen LogP contribution in [0.3, 0.4) is 0 Å². The van der Waals surface area contributed by atoms with Gasteiger partial charge in [-0.05, 0) is 31.2 Å². The Morgan fingerprint density at radius 2 is 1.92 bits per heavy atom. The quantitative estimate of drug-likeness (QED) is 0.764. The fraction of sp³-hybridized carbons (Fsp3) is 0.222. The normalized spacial score (nSPS) is 10.2. The molecule has 0 heterocycles. The molecule has 7 heteroatoms. The molecule has 0 aliphatic carbocycles. The molecule has 25 heavy (non-hydrogen) atoms. The van der Waals surface area contributed by atoms with Gasteiger partial charge in [0.15, 0.2) is 0 Å². The maximum Gasteiger partial charge on any atom is 0.325 e. The van der Waals surface area contributed by atoms with E-state index in [-0.39, 0.29) is 23.7 Å². The first-order valence-corrected chi connectivity index (χ1v) is 7.99. The molecule has 2 aromatic rings. The van der Waals surface area contributed by atoms with Crippen molar-refractivity contribution in [1.29, 1.82) is 0 Å². The number of rotatable bonds is 7. The largest absolute Gasteiger partial charge is 0.493 e. The highest BCUT2D eigenvalue weighted by Gasteiger charge is 2.14. The lowest BCUT2D eigenvalue weighted by molar-refractivity contribution is -0.143. The first kappa shape index (κ1) is 18.7. The minimum absolute atomic E-state index is 0.0885. The molecule has 2 rings (SSSR count). The van der Waals surface area contributed by atoms with E-state index in [1.54, 1.807) is 31.2 Å². The summed E-state index contributed by atoms with van der Waals surface area (Å²) in [5, 5.41) is 2.61. The van der Waals surface area contributed by atoms with Gasteiger partial charge in [0, 0.05) is 5.56 Å². The first-order chi connectivity index (χ1) is 12.0. The Hall–Kier alpha value is -2.60. The third kappa shape index (κ3) is 5.19. The molecule has 0 fully saturated rings. The van der Waals surface area contributed by atoms with E-state index in [9.17, 15) is 14.0 Å². The van der Waals surface area contributed by atoms with Crippen LogP contribution in [-0.4, -0.2) is 25.0 Å². The van der Waals surface area contributed by atoms with Gasteiger partial charge in [0.25, 0.3) is 5.91 Å². The number of carbonyl (C=O) groups excluding carboxylic acids is 2. The zero-order chi connectivity index (χ0) is 18.2. The molecule has 0 aromatic heterocycles. The number of halogens is 2. The van der Waals surface area contributed by atoms with Crippen molar-refractivity contribution in [3.05, 3.63) is 64.4 Å². The number of ether oxygens (including phenoxy) is 2. The summed E-state index contributed by atoms with van der Waals surface area (Å²) in [6, 6.07) is 10.9. The fourth-order valence-corrected chi connectivity index (χ4v) is 2.27. The molecule has 0 radical (unpaired) electrons. The lowest BCUT2D eigenvalue weighted by Crippen LogP contribution is -2.31. The number of hydrogen-bond donors (Lipinski definition) is 1. The van der Waals surface area contributed by atoms with E-state index >= 15 is 0 Å². The second kappa shape index (κ2) is 9.03. The first-order valence-electron chi connectivity index (χ1n) is 7.61. The van der Waals surface area contributed by atoms with E-state index < -0.39 is 17.7 Å². The molecular weight excluding hydrogens is 349 g/mol. The molecule has 0 aliphatic heterocycles. The number of benzene rings is 2. The molecule has 0 spiro atoms. The summed E-state index contributed by atoms with van der Waals surface area (Å²) in [6.45, 7) is 1.55. The maximum absolute atomic E-state index is 13.6. The van der Waals surface area contributed by atoms with E-state index in [2.05, 4.69) is 5.32 Å². The molecule has 2 aromatic carbocycles. The summed E-state index contributed by atoms with van der Waals surface area (Å²) in [7, 11) is 0. The lowest BCUT2D eigenvalue weighted by Gasteiger charge is -2.11. The summed E-state index contributed by atoms with van der Waals surface area (Å²) in [5.74, 6) is -1.31. The molecule has 0 saturated heterocycles. The molecule has 0 aliphatic rings. The second-order valence-corrected chi connectivity index (χ2v) is 5.38. The van der Waals surface area contributed by atoms with Crippen LogP contribution in [0.15, 0.2) is 42.5 Å². The van der Waals surface area contributed by atoms with Gasteiger partial charge in [-0.25, -0.2) is 4.39 Å². The minimum Gasteiger partial charge on any atom is -0.493 e. The molecule has 0 unspecified atom stereocenters. The van der Waals surface area contributed by atoms with Crippen molar-refractivity contribution in [2.24, 2.45) is 0 Å². The summed E-state index contributed by atoms with van der Waals surface area (Å²) < 4.78 is 23.9. The Morgan fingerprint density at radius 1 is 1.16 bits per heavy atom. The van der Waals surface area contributed by atoms with Crippen LogP contribution in [0.5, 0.6) is 5.75 Å². The van der Waals surface area contributed by atoms with Crippen LogP contribution < -0.4 is 10.1 Å². The van der Waals surface area contributed by atoms with Crippen LogP contribution in [0.4, 0.5) is 4.39 Å². The number of hydrogen-bond acceptors (Lipinski definition) is 4. The average Bonchev–Trinajstić information content (AvgIpc) is 2.60. The van der Waals surface area contributed by atoms with Crippen LogP contribution in [0.1, 0.15) is 22.8 Å². The van der Waals surface area contributed by atoms with Crippen LogP contribution in [0.25, 0.3) is 0 Å². The van der Waals surface area contributed by atoms with Gasteiger partial charge in [-0.3, -0.25) is 9.59 Å². The number of para-hydroxylation sites is 1. The third-order valence-electron chi connectivity index (χ3n) is 3.26. The monoisotopic (exact) mass is 365 g/mol. The van der Waals surface area contributed by atoms with Gasteiger partial charge in [0.1, 0.15) is 24.7 Å². The van der Waals surface area contributed by atoms with Gasteiger partial charge in [-0.1, -0.05) is 29.8 Å². The van der Waals surface area contributed by atoms with Crippen LogP contribution in [0.2, 0.25) is 5.02 Å². The fourth-order valence-electron chi connectivity index (χ4n) is 2.06. The number of esters is 1. The van der Waals surface area contributed by atoms with Crippen molar-refractivity contribution in [2.75, 3.05) is 13.2 Å². The van der Waals surface area contributed by atoms with Crippen molar-refractivity contribution in [3.63, 3.8) is 0 Å². The van der Waals surface area contributed by atoms with Gasteiger partial charge in [-0.15, -0.1) is 0 Å². The van der Waals surface area contributed by atoms with Gasteiger partial charge in [0.2, 0.25) is 0 Å². The molecule has 0 atom stereocenters. The standard InChI is InChI=1S/C18H17ClFNO4/c1-2-24-16-9-4-3-6-12(16)18(23)21-10-17(22)25-11-13-14(19)7-5-8-15(13)20/h3-9H,2,10-11H2,1H3,(H,21,23). The molecule has 0 bridgehead atoms. The molecule has 0 saturated carbocycles. The topological polar surface area (TPSA) is 64.6 Å². The van der Waals surface area contributed by atoms with E-state index in [4.69, 9.17) is 21.1 Å². The zero-order valence-electron chi connectivity index (χ0n) is 13.6. The summed E-state index contributed by atoms with van der Waals surface area (Å²) in [4.78, 5) is 23.9. The zero-order valence-corrected chi connectivity index (χ0v) is 14.3. The minimum atomic E-state index is -0.707. The highest BCUT2D eigenvalue weighted by molar-refractivity contribution is 6.31. The Labute approximate surface area is 149 Å². The van der Waals surface area contributed by atoms with Gasteiger partial charge < -0.3 is 14.8 Å². The van der Waals surface area contributed by atoms with E-state index in [1.807, 2.05) is 0 Å². The van der Waals surface area contributed by atoms with Crippen molar-refractivity contribution in [2.45, 2.75) is 13.5 Å². The van der Waals surface area contributed by atoms with Crippen LogP contribution in [0, 0.1) is 5.82 Å². The van der Waals surface area contributed by atoms with E-state index in [1.165, 1.54) is 18.2 Å². The Balaban J connectivity index is 1.89. The SMILES string of the molecule is CCOc1ccccc1C(=O)NCC(=O)OCc1c(F)cccc1Cl. The molecule has 1 amide bonds. The average molecular weight is 366 g/mol. The Bertz CT molecular complexity index is 746. The van der Waals surface area contributed by atoms with Crippen molar-refractivity contribution >= 4 is 23.5 Å². The Kier molecular flexibility index (Phi) is 6.77. The third-order valence-corrected chi connectivity index (χ3v) is 3.62. The molecule has 132 valence electrons. The van der Waals surface area contributed by atoms with Crippen molar-refractivity contribution in [1.82, 2.24) is 5.32 Å². The van der Waals surface area contributed by atoms with E-state index in [0.29, 0.717) is 17.9 Å². The smallest absolute Gasteiger partial charge is 0.325 e. The summed E-state index contributed by atoms with van der Waals surface area (Å²) >= 11 is 5.85. The number of amides is 1. The van der Waals surface area contributed by atoms with Crippen molar-refractivity contribution in [3.8, 4) is 5.75 Å². The maximum atomic E-state index is 13.6. The predicted molar refractivity (Wildman–Crippen MR) is 91.2 cm³/mol. The highest BCUT2D eigenvalue weighted by Crippen LogP contribution is 2.20. The summed E-state index contributed by atoms with van der Waals surface area (Å²) in [5.41, 5.74) is 0.403. The molecular formula is C18H17ClFNO4. The van der Waals surface area contributed by atoms with Crippen LogP contribution >= 0.6 is 11.6 Å². The predicted octanol–water partition coefficient (Wildman–Crippen LogP) is 3.35. The van der Waals surface area contributed by atoms with Crippen molar-refractivity contribution < 1.29 is 23.5 Å². The molecule has 1 N–H and O–H groups in total. The van der Waals surface area contributed by atoms with Gasteiger partial charge >= 0.3 is 5.97 Å². The van der Waals surface area contributed by atoms with E-state index in [0.717, 1.165) is 0 Å². The molecule has 5 nitrogen and oxygen atoms in total. The second-order valence-electron chi connectivity index (χ2n) is 4.97. The number of carbonyl (C=O) groups is 2. The number of nitrogens with one attached hydrogen (secondary N) is 1. The van der Waals surface area contributed by atoms with Gasteiger partial charge in [0.05, 0.1) is 17.2 Å². The lowest BCUT2D eigenvalue weighted by atomic mass is 10.2. The summed E-state index contributed by atoms with van der Waals surface area (Å²) in [6.07, 6.45) is 0. The highest BCUT2D eigenvalue weighted by atomic mass is 35.5.